The minimum Gasteiger partial charge on any atom is -0.355 e. The minimum absolute atomic E-state index is 0.397. The van der Waals surface area contributed by atoms with Crippen molar-refractivity contribution < 1.29 is 0 Å². The molecule has 1 atom stereocenters. The fourth-order valence-corrected chi connectivity index (χ4v) is 1.99. The lowest BCUT2D eigenvalue weighted by atomic mass is 10.2. The van der Waals surface area contributed by atoms with E-state index >= 15 is 0 Å². The number of nitrogen functional groups attached to an aromatic ring is 1. The molecular weight excluding hydrogens is 214 g/mol. The zero-order valence-corrected chi connectivity index (χ0v) is 9.33. The topological polar surface area (TPSA) is 67.1 Å². The van der Waals surface area contributed by atoms with E-state index in [1.165, 1.54) is 6.42 Å². The first-order valence-corrected chi connectivity index (χ1v) is 5.32. The lowest BCUT2D eigenvalue weighted by Gasteiger charge is -2.18. The highest BCUT2D eigenvalue weighted by Crippen LogP contribution is 2.28. The van der Waals surface area contributed by atoms with E-state index in [0.29, 0.717) is 16.9 Å². The zero-order chi connectivity index (χ0) is 10.8. The molecule has 3 N–H and O–H groups in total. The van der Waals surface area contributed by atoms with E-state index in [9.17, 15) is 0 Å². The van der Waals surface area contributed by atoms with Crippen LogP contribution < -0.4 is 16.2 Å². The van der Waals surface area contributed by atoms with Crippen LogP contribution in [0.1, 0.15) is 13.3 Å². The Balaban J connectivity index is 2.26. The molecule has 1 unspecified atom stereocenters. The smallest absolute Gasteiger partial charge is 0.239 e. The van der Waals surface area contributed by atoms with E-state index in [0.717, 1.165) is 18.9 Å². The Labute approximate surface area is 93.6 Å². The van der Waals surface area contributed by atoms with Crippen molar-refractivity contribution in [3.63, 3.8) is 0 Å². The maximum Gasteiger partial charge on any atom is 0.239 e. The van der Waals surface area contributed by atoms with Crippen molar-refractivity contribution in [2.45, 2.75) is 13.3 Å². The van der Waals surface area contributed by atoms with Gasteiger partial charge in [-0.3, -0.25) is 5.43 Å². The largest absolute Gasteiger partial charge is 0.355 e. The minimum atomic E-state index is 0.397. The lowest BCUT2D eigenvalue weighted by Crippen LogP contribution is -2.22. The van der Waals surface area contributed by atoms with E-state index in [4.69, 9.17) is 17.4 Å². The van der Waals surface area contributed by atoms with Crippen LogP contribution in [0.15, 0.2) is 6.20 Å². The number of anilines is 2. The molecule has 0 radical (unpaired) electrons. The van der Waals surface area contributed by atoms with Gasteiger partial charge in [0, 0.05) is 13.1 Å². The van der Waals surface area contributed by atoms with E-state index < -0.39 is 0 Å². The molecule has 1 saturated heterocycles. The predicted molar refractivity (Wildman–Crippen MR) is 60.8 cm³/mol. The Kier molecular flexibility index (Phi) is 2.93. The molecule has 0 aromatic carbocycles. The average molecular weight is 228 g/mol. The fourth-order valence-electron chi connectivity index (χ4n) is 1.78. The third-order valence-corrected chi connectivity index (χ3v) is 2.84. The van der Waals surface area contributed by atoms with Gasteiger partial charge in [0.2, 0.25) is 5.95 Å². The van der Waals surface area contributed by atoms with E-state index in [1.54, 1.807) is 6.20 Å². The highest BCUT2D eigenvalue weighted by atomic mass is 35.5. The standard InChI is InChI=1S/C9H14ClN5/c1-6-2-3-15(5-6)8-7(10)4-12-9(13-8)14-11/h4,6H,2-3,5,11H2,1H3,(H,12,13,14). The first kappa shape index (κ1) is 10.4. The van der Waals surface area contributed by atoms with Gasteiger partial charge in [-0.1, -0.05) is 18.5 Å². The van der Waals surface area contributed by atoms with Gasteiger partial charge in [-0.05, 0) is 12.3 Å². The summed E-state index contributed by atoms with van der Waals surface area (Å²) in [6.07, 6.45) is 2.74. The summed E-state index contributed by atoms with van der Waals surface area (Å²) in [4.78, 5) is 10.4. The maximum absolute atomic E-state index is 6.05. The number of nitrogens with one attached hydrogen (secondary N) is 1. The van der Waals surface area contributed by atoms with Crippen molar-refractivity contribution in [1.82, 2.24) is 9.97 Å². The number of hydrogen-bond acceptors (Lipinski definition) is 5. The summed E-state index contributed by atoms with van der Waals surface area (Å²) in [6, 6.07) is 0. The van der Waals surface area contributed by atoms with E-state index in [2.05, 4.69) is 27.2 Å². The van der Waals surface area contributed by atoms with Crippen molar-refractivity contribution in [3.05, 3.63) is 11.2 Å². The third-order valence-electron chi connectivity index (χ3n) is 2.58. The molecule has 82 valence electrons. The highest BCUT2D eigenvalue weighted by molar-refractivity contribution is 6.32. The van der Waals surface area contributed by atoms with Crippen LogP contribution in [0.5, 0.6) is 0 Å². The van der Waals surface area contributed by atoms with Crippen molar-refractivity contribution in [3.8, 4) is 0 Å². The Hall–Kier alpha value is -1.07. The van der Waals surface area contributed by atoms with Crippen LogP contribution in [0.4, 0.5) is 11.8 Å². The molecule has 6 heteroatoms. The molecule has 0 amide bonds. The van der Waals surface area contributed by atoms with Crippen molar-refractivity contribution in [1.29, 1.82) is 0 Å². The molecule has 0 spiro atoms. The van der Waals surface area contributed by atoms with Gasteiger partial charge >= 0.3 is 0 Å². The van der Waals surface area contributed by atoms with Gasteiger partial charge in [0.15, 0.2) is 5.82 Å². The van der Waals surface area contributed by atoms with Crippen LogP contribution >= 0.6 is 11.6 Å². The maximum atomic E-state index is 6.05. The number of nitrogens with two attached hydrogens (primary N) is 1. The SMILES string of the molecule is CC1CCN(c2nc(NN)ncc2Cl)C1. The fraction of sp³-hybridized carbons (Fsp3) is 0.556. The molecule has 0 bridgehead atoms. The van der Waals surface area contributed by atoms with Crippen LogP contribution in [0, 0.1) is 5.92 Å². The Morgan fingerprint density at radius 1 is 1.67 bits per heavy atom. The number of hydrazine groups is 1. The zero-order valence-electron chi connectivity index (χ0n) is 8.57. The van der Waals surface area contributed by atoms with E-state index in [1.807, 2.05) is 0 Å². The van der Waals surface area contributed by atoms with Crippen LogP contribution in [0.2, 0.25) is 5.02 Å². The van der Waals surface area contributed by atoms with Crippen LogP contribution in [0.3, 0.4) is 0 Å². The number of hydrogen-bond donors (Lipinski definition) is 2. The molecule has 1 aliphatic heterocycles. The Morgan fingerprint density at radius 3 is 3.07 bits per heavy atom. The van der Waals surface area contributed by atoms with Gasteiger partial charge in [0.1, 0.15) is 5.02 Å². The quantitative estimate of drug-likeness (QED) is 0.588. The number of nitrogens with zero attached hydrogens (tertiary/aromatic N) is 3. The Morgan fingerprint density at radius 2 is 2.47 bits per heavy atom. The third kappa shape index (κ3) is 2.13. The second-order valence-corrected chi connectivity index (χ2v) is 4.26. The monoisotopic (exact) mass is 227 g/mol. The molecule has 1 fully saturated rings. The molecule has 2 rings (SSSR count). The van der Waals surface area contributed by atoms with Gasteiger partial charge in [-0.25, -0.2) is 10.8 Å². The van der Waals surface area contributed by atoms with Crippen molar-refractivity contribution in [2.75, 3.05) is 23.4 Å². The number of rotatable bonds is 2. The van der Waals surface area contributed by atoms with Crippen LogP contribution in [0.25, 0.3) is 0 Å². The highest BCUT2D eigenvalue weighted by Gasteiger charge is 2.22. The summed E-state index contributed by atoms with van der Waals surface area (Å²) < 4.78 is 0. The molecule has 0 saturated carbocycles. The summed E-state index contributed by atoms with van der Waals surface area (Å²) in [5.74, 6) is 7.11. The first-order chi connectivity index (χ1) is 7.20. The normalized spacial score (nSPS) is 20.7. The number of halogens is 1. The van der Waals surface area contributed by atoms with E-state index in [-0.39, 0.29) is 0 Å². The molecule has 2 heterocycles. The van der Waals surface area contributed by atoms with Gasteiger partial charge in [0.25, 0.3) is 0 Å². The molecule has 0 aliphatic carbocycles. The molecule has 1 aromatic heterocycles. The van der Waals surface area contributed by atoms with Crippen molar-refractivity contribution in [2.24, 2.45) is 11.8 Å². The predicted octanol–water partition coefficient (Wildman–Crippen LogP) is 1.26. The van der Waals surface area contributed by atoms with Crippen molar-refractivity contribution >= 4 is 23.4 Å². The Bertz CT molecular complexity index is 356. The van der Waals surface area contributed by atoms with Crippen LogP contribution in [-0.2, 0) is 0 Å². The van der Waals surface area contributed by atoms with Crippen LogP contribution in [-0.4, -0.2) is 23.1 Å². The summed E-state index contributed by atoms with van der Waals surface area (Å²) >= 11 is 6.05. The molecule has 5 nitrogen and oxygen atoms in total. The lowest BCUT2D eigenvalue weighted by molar-refractivity contribution is 0.659. The molecular formula is C9H14ClN5. The molecule has 15 heavy (non-hydrogen) atoms. The summed E-state index contributed by atoms with van der Waals surface area (Å²) in [7, 11) is 0. The van der Waals surface area contributed by atoms with Gasteiger partial charge in [-0.2, -0.15) is 4.98 Å². The first-order valence-electron chi connectivity index (χ1n) is 4.95. The van der Waals surface area contributed by atoms with Gasteiger partial charge in [0.05, 0.1) is 6.20 Å². The summed E-state index contributed by atoms with van der Waals surface area (Å²) in [5, 5.41) is 0.572. The van der Waals surface area contributed by atoms with Gasteiger partial charge in [-0.15, -0.1) is 0 Å². The second kappa shape index (κ2) is 4.20. The second-order valence-electron chi connectivity index (χ2n) is 3.85. The molecule has 1 aromatic rings. The van der Waals surface area contributed by atoms with Gasteiger partial charge < -0.3 is 4.90 Å². The summed E-state index contributed by atoms with van der Waals surface area (Å²) in [5.41, 5.74) is 2.42. The molecule has 1 aliphatic rings. The number of aromatic nitrogens is 2. The average Bonchev–Trinajstić information content (AvgIpc) is 2.65. The summed E-state index contributed by atoms with van der Waals surface area (Å²) in [6.45, 7) is 4.19.